The van der Waals surface area contributed by atoms with Crippen molar-refractivity contribution in [2.45, 2.75) is 68.8 Å². The molecule has 2 aromatic rings. The number of hydrogen-bond donors (Lipinski definition) is 1. The van der Waals surface area contributed by atoms with Gasteiger partial charge in [-0.25, -0.2) is 4.79 Å². The smallest absolute Gasteiger partial charge is 0.339 e. The van der Waals surface area contributed by atoms with Gasteiger partial charge >= 0.3 is 5.97 Å². The largest absolute Gasteiger partial charge is 0.452 e. The Kier molecular flexibility index (Phi) is 5.86. The highest BCUT2D eigenvalue weighted by molar-refractivity contribution is 6.13. The second-order valence-corrected chi connectivity index (χ2v) is 9.65. The van der Waals surface area contributed by atoms with Crippen LogP contribution in [0.3, 0.4) is 0 Å². The van der Waals surface area contributed by atoms with Crippen LogP contribution in [0.5, 0.6) is 0 Å². The van der Waals surface area contributed by atoms with Crippen LogP contribution in [0.2, 0.25) is 0 Å². The number of benzene rings is 2. The SMILES string of the molecule is C[C@]12C[C@H](OC3CCCCC3)[C@](NC(=O)c3ccccc3)(C=C1C(=O)c1ccccc1)C(=O)O2. The molecule has 2 aliphatic carbocycles. The van der Waals surface area contributed by atoms with E-state index in [1.807, 2.05) is 12.1 Å². The Hall–Kier alpha value is -3.25. The third-order valence-electron chi connectivity index (χ3n) is 7.23. The van der Waals surface area contributed by atoms with Crippen LogP contribution in [-0.2, 0) is 14.3 Å². The van der Waals surface area contributed by atoms with E-state index in [-0.39, 0.29) is 11.9 Å². The van der Waals surface area contributed by atoms with E-state index in [4.69, 9.17) is 9.47 Å². The molecule has 2 aromatic carbocycles. The topological polar surface area (TPSA) is 81.7 Å². The monoisotopic (exact) mass is 459 g/mol. The van der Waals surface area contributed by atoms with Gasteiger partial charge in [-0.1, -0.05) is 67.8 Å². The van der Waals surface area contributed by atoms with Crippen molar-refractivity contribution in [3.63, 3.8) is 0 Å². The number of ether oxygens (including phenoxy) is 2. The lowest BCUT2D eigenvalue weighted by Crippen LogP contribution is -2.72. The number of Topliss-reactive ketones (excluding diaryl/α,β-unsaturated/α-hetero) is 1. The molecule has 34 heavy (non-hydrogen) atoms. The number of hydrogen-bond acceptors (Lipinski definition) is 5. The molecule has 2 bridgehead atoms. The summed E-state index contributed by atoms with van der Waals surface area (Å²) in [4.78, 5) is 40.1. The standard InChI is InChI=1S/C28H29NO5/c1-27-18-23(33-21-15-9-4-10-16-21)28(26(32)34-27,29-25(31)20-13-7-3-8-14-20)17-22(27)24(30)19-11-5-2-6-12-19/h2-3,5-8,11-14,17,21,23H,4,9-10,15-16,18H2,1H3,(H,29,31)/t23-,27-,28+/m0/s1. The number of fused-ring (bicyclic) bond motifs is 2. The van der Waals surface area contributed by atoms with Gasteiger partial charge in [-0.05, 0) is 38.0 Å². The van der Waals surface area contributed by atoms with E-state index < -0.39 is 29.1 Å². The zero-order valence-electron chi connectivity index (χ0n) is 19.3. The van der Waals surface area contributed by atoms with E-state index in [0.29, 0.717) is 23.1 Å². The molecule has 0 unspecified atom stereocenters. The molecular formula is C28H29NO5. The van der Waals surface area contributed by atoms with Crippen LogP contribution < -0.4 is 5.32 Å². The third kappa shape index (κ3) is 3.96. The highest BCUT2D eigenvalue weighted by atomic mass is 16.6. The van der Waals surface area contributed by atoms with Gasteiger partial charge in [0.25, 0.3) is 5.91 Å². The van der Waals surface area contributed by atoms with Crippen LogP contribution in [-0.4, -0.2) is 41.0 Å². The summed E-state index contributed by atoms with van der Waals surface area (Å²) in [5, 5.41) is 2.91. The van der Waals surface area contributed by atoms with E-state index in [1.165, 1.54) is 6.42 Å². The first kappa shape index (κ1) is 22.5. The maximum atomic E-state index is 13.5. The number of rotatable bonds is 6. The van der Waals surface area contributed by atoms with Crippen molar-refractivity contribution in [1.29, 1.82) is 0 Å². The Morgan fingerprint density at radius 2 is 1.56 bits per heavy atom. The highest BCUT2D eigenvalue weighted by Crippen LogP contribution is 2.47. The van der Waals surface area contributed by atoms with Crippen LogP contribution in [0, 0.1) is 0 Å². The van der Waals surface area contributed by atoms with Crippen molar-refractivity contribution in [3.05, 3.63) is 83.4 Å². The summed E-state index contributed by atoms with van der Waals surface area (Å²) in [6.07, 6.45) is 6.47. The molecule has 1 amide bonds. The average Bonchev–Trinajstić information content (AvgIpc) is 2.86. The van der Waals surface area contributed by atoms with Gasteiger partial charge in [0, 0.05) is 23.1 Å². The van der Waals surface area contributed by atoms with Gasteiger partial charge in [-0.2, -0.15) is 0 Å². The number of esters is 1. The summed E-state index contributed by atoms with van der Waals surface area (Å²) in [5.74, 6) is -1.22. The number of carbonyl (C=O) groups excluding carboxylic acids is 3. The van der Waals surface area contributed by atoms with Crippen LogP contribution in [0.25, 0.3) is 0 Å². The summed E-state index contributed by atoms with van der Waals surface area (Å²) >= 11 is 0. The van der Waals surface area contributed by atoms with Gasteiger partial charge in [0.15, 0.2) is 11.3 Å². The highest BCUT2D eigenvalue weighted by Gasteiger charge is 2.63. The molecule has 3 atom stereocenters. The second kappa shape index (κ2) is 8.84. The molecule has 2 fully saturated rings. The van der Waals surface area contributed by atoms with Gasteiger partial charge in [-0.15, -0.1) is 0 Å². The molecule has 4 aliphatic rings. The molecule has 6 heteroatoms. The lowest BCUT2D eigenvalue weighted by Gasteiger charge is -2.53. The number of ketones is 1. The third-order valence-corrected chi connectivity index (χ3v) is 7.23. The quantitative estimate of drug-likeness (QED) is 0.511. The lowest BCUT2D eigenvalue weighted by atomic mass is 9.68. The molecule has 0 aromatic heterocycles. The van der Waals surface area contributed by atoms with Crippen molar-refractivity contribution in [2.24, 2.45) is 0 Å². The number of amides is 1. The Labute approximate surface area is 199 Å². The molecule has 6 rings (SSSR count). The zero-order valence-corrected chi connectivity index (χ0v) is 19.3. The fourth-order valence-corrected chi connectivity index (χ4v) is 5.33. The Balaban J connectivity index is 1.56. The van der Waals surface area contributed by atoms with Gasteiger partial charge in [0.05, 0.1) is 12.2 Å². The Morgan fingerprint density at radius 3 is 2.21 bits per heavy atom. The Bertz CT molecular complexity index is 1120. The summed E-state index contributed by atoms with van der Waals surface area (Å²) in [7, 11) is 0. The fraction of sp³-hybridized carbons (Fsp3) is 0.393. The van der Waals surface area contributed by atoms with Gasteiger partial charge < -0.3 is 14.8 Å². The predicted molar refractivity (Wildman–Crippen MR) is 126 cm³/mol. The maximum Gasteiger partial charge on any atom is 0.339 e. The van der Waals surface area contributed by atoms with Crippen LogP contribution in [0.4, 0.5) is 0 Å². The first-order valence-electron chi connectivity index (χ1n) is 12.0. The minimum absolute atomic E-state index is 0.0154. The fourth-order valence-electron chi connectivity index (χ4n) is 5.33. The summed E-state index contributed by atoms with van der Waals surface area (Å²) < 4.78 is 12.4. The van der Waals surface area contributed by atoms with E-state index in [0.717, 1.165) is 25.7 Å². The zero-order chi connectivity index (χ0) is 23.8. The molecular weight excluding hydrogens is 430 g/mol. The molecule has 6 nitrogen and oxygen atoms in total. The Morgan fingerprint density at radius 1 is 0.941 bits per heavy atom. The molecule has 1 saturated carbocycles. The molecule has 176 valence electrons. The molecule has 2 heterocycles. The van der Waals surface area contributed by atoms with Crippen molar-refractivity contribution < 1.29 is 23.9 Å². The first-order valence-corrected chi connectivity index (χ1v) is 12.0. The minimum atomic E-state index is -1.57. The first-order chi connectivity index (χ1) is 16.4. The van der Waals surface area contributed by atoms with Gasteiger partial charge in [-0.3, -0.25) is 9.59 Å². The summed E-state index contributed by atoms with van der Waals surface area (Å²) in [6.45, 7) is 1.76. The normalized spacial score (nSPS) is 28.7. The van der Waals surface area contributed by atoms with E-state index >= 15 is 0 Å². The molecule has 0 spiro atoms. The van der Waals surface area contributed by atoms with Crippen molar-refractivity contribution in [1.82, 2.24) is 5.32 Å². The van der Waals surface area contributed by atoms with E-state index in [2.05, 4.69) is 5.32 Å². The molecule has 0 radical (unpaired) electrons. The van der Waals surface area contributed by atoms with Crippen molar-refractivity contribution in [2.75, 3.05) is 0 Å². The van der Waals surface area contributed by atoms with Crippen LogP contribution in [0.1, 0.15) is 66.2 Å². The predicted octanol–water partition coefficient (Wildman–Crippen LogP) is 4.40. The summed E-state index contributed by atoms with van der Waals surface area (Å²) in [6, 6.07) is 17.6. The van der Waals surface area contributed by atoms with E-state index in [1.54, 1.807) is 61.5 Å². The van der Waals surface area contributed by atoms with Crippen LogP contribution in [0.15, 0.2) is 72.3 Å². The minimum Gasteiger partial charge on any atom is -0.452 e. The number of nitrogens with one attached hydrogen (secondary N) is 1. The van der Waals surface area contributed by atoms with Gasteiger partial charge in [0.2, 0.25) is 0 Å². The van der Waals surface area contributed by atoms with Crippen molar-refractivity contribution in [3.8, 4) is 0 Å². The summed E-state index contributed by atoms with van der Waals surface area (Å²) in [5.41, 5.74) is -1.39. The molecule has 1 saturated heterocycles. The van der Waals surface area contributed by atoms with E-state index in [9.17, 15) is 14.4 Å². The maximum absolute atomic E-state index is 13.5. The van der Waals surface area contributed by atoms with Crippen molar-refractivity contribution >= 4 is 17.7 Å². The molecule has 2 aliphatic heterocycles. The average molecular weight is 460 g/mol. The van der Waals surface area contributed by atoms with Crippen LogP contribution >= 0.6 is 0 Å². The lowest BCUT2D eigenvalue weighted by molar-refractivity contribution is -0.195. The molecule has 1 N–H and O–H groups in total. The number of carbonyl (C=O) groups is 3. The second-order valence-electron chi connectivity index (χ2n) is 9.65. The van der Waals surface area contributed by atoms with Gasteiger partial charge in [0.1, 0.15) is 5.60 Å².